The van der Waals surface area contributed by atoms with Crippen LogP contribution in [0.1, 0.15) is 28.2 Å². The molecular weight excluding hydrogens is 332 g/mol. The molecule has 3 rings (SSSR count). The maximum absolute atomic E-state index is 12.0. The Labute approximate surface area is 142 Å². The van der Waals surface area contributed by atoms with Gasteiger partial charge in [-0.2, -0.15) is 0 Å². The van der Waals surface area contributed by atoms with Crippen LogP contribution < -0.4 is 16.0 Å². The van der Waals surface area contributed by atoms with Crippen molar-refractivity contribution >= 4 is 39.6 Å². The molecular formula is C15H18N4O2S2. The van der Waals surface area contributed by atoms with E-state index in [-0.39, 0.29) is 24.3 Å². The molecule has 23 heavy (non-hydrogen) atoms. The van der Waals surface area contributed by atoms with E-state index >= 15 is 0 Å². The number of piperidine rings is 1. The van der Waals surface area contributed by atoms with E-state index < -0.39 is 0 Å². The minimum Gasteiger partial charge on any atom is -0.353 e. The molecule has 0 aliphatic carbocycles. The van der Waals surface area contributed by atoms with Gasteiger partial charge in [0.25, 0.3) is 5.91 Å². The minimum absolute atomic E-state index is 0.0154. The zero-order valence-corrected chi connectivity index (χ0v) is 14.1. The number of thiazole rings is 1. The number of nitrogens with zero attached hydrogens (tertiary/aromatic N) is 1. The van der Waals surface area contributed by atoms with Crippen molar-refractivity contribution < 1.29 is 9.59 Å². The summed E-state index contributed by atoms with van der Waals surface area (Å²) in [7, 11) is 0. The number of rotatable bonds is 5. The molecule has 122 valence electrons. The second kappa shape index (κ2) is 7.67. The highest BCUT2D eigenvalue weighted by Crippen LogP contribution is 2.18. The Morgan fingerprint density at radius 3 is 2.87 bits per heavy atom. The summed E-state index contributed by atoms with van der Waals surface area (Å²) in [5.74, 6) is -0.182. The summed E-state index contributed by atoms with van der Waals surface area (Å²) in [6.07, 6.45) is 2.17. The summed E-state index contributed by atoms with van der Waals surface area (Å²) in [6, 6.07) is 3.85. The molecule has 3 heterocycles. The van der Waals surface area contributed by atoms with Crippen LogP contribution in [0.4, 0.5) is 5.13 Å². The lowest BCUT2D eigenvalue weighted by atomic mass is 10.1. The number of hydrogen-bond donors (Lipinski definition) is 3. The zero-order chi connectivity index (χ0) is 16.1. The van der Waals surface area contributed by atoms with E-state index in [1.807, 2.05) is 16.8 Å². The average molecular weight is 350 g/mol. The molecule has 1 aliphatic heterocycles. The van der Waals surface area contributed by atoms with Crippen LogP contribution in [0.5, 0.6) is 0 Å². The topological polar surface area (TPSA) is 83.1 Å². The van der Waals surface area contributed by atoms with Gasteiger partial charge in [0.05, 0.1) is 17.0 Å². The molecule has 1 saturated heterocycles. The van der Waals surface area contributed by atoms with Crippen molar-refractivity contribution in [2.45, 2.75) is 25.3 Å². The molecule has 0 unspecified atom stereocenters. The Kier molecular flexibility index (Phi) is 5.37. The molecule has 0 saturated carbocycles. The lowest BCUT2D eigenvalue weighted by Gasteiger charge is -2.23. The van der Waals surface area contributed by atoms with Crippen molar-refractivity contribution in [2.24, 2.45) is 0 Å². The largest absolute Gasteiger partial charge is 0.353 e. The van der Waals surface area contributed by atoms with E-state index in [0.29, 0.717) is 15.7 Å². The van der Waals surface area contributed by atoms with Crippen molar-refractivity contribution in [3.63, 3.8) is 0 Å². The molecule has 2 amide bonds. The van der Waals surface area contributed by atoms with Crippen molar-refractivity contribution in [2.75, 3.05) is 18.4 Å². The van der Waals surface area contributed by atoms with Crippen LogP contribution >= 0.6 is 22.7 Å². The lowest BCUT2D eigenvalue weighted by Crippen LogP contribution is -2.43. The molecule has 2 aromatic heterocycles. The number of anilines is 1. The van der Waals surface area contributed by atoms with Gasteiger partial charge in [-0.25, -0.2) is 4.98 Å². The molecule has 6 nitrogen and oxygen atoms in total. The van der Waals surface area contributed by atoms with Crippen LogP contribution in [0.3, 0.4) is 0 Å². The highest BCUT2D eigenvalue weighted by atomic mass is 32.1. The van der Waals surface area contributed by atoms with Gasteiger partial charge in [0.2, 0.25) is 5.91 Å². The first-order valence-corrected chi connectivity index (χ1v) is 9.26. The van der Waals surface area contributed by atoms with Crippen molar-refractivity contribution in [3.05, 3.63) is 33.5 Å². The highest BCUT2D eigenvalue weighted by molar-refractivity contribution is 7.14. The molecule has 2 aromatic rings. The molecule has 1 fully saturated rings. The zero-order valence-electron chi connectivity index (χ0n) is 12.5. The van der Waals surface area contributed by atoms with Gasteiger partial charge in [-0.1, -0.05) is 6.07 Å². The van der Waals surface area contributed by atoms with Gasteiger partial charge in [-0.3, -0.25) is 14.9 Å². The Bertz CT molecular complexity index is 663. The van der Waals surface area contributed by atoms with Gasteiger partial charge in [-0.05, 0) is 37.4 Å². The third-order valence-corrected chi connectivity index (χ3v) is 5.24. The summed E-state index contributed by atoms with van der Waals surface area (Å²) in [4.78, 5) is 29.0. The van der Waals surface area contributed by atoms with Crippen molar-refractivity contribution in [3.8, 4) is 0 Å². The summed E-state index contributed by atoms with van der Waals surface area (Å²) in [5, 5.41) is 13.3. The predicted molar refractivity (Wildman–Crippen MR) is 92.1 cm³/mol. The quantitative estimate of drug-likeness (QED) is 0.769. The molecule has 0 bridgehead atoms. The van der Waals surface area contributed by atoms with E-state index in [2.05, 4.69) is 20.9 Å². The SMILES string of the molecule is O=C(Cc1csc(NC(=O)c2cccs2)n1)NC1CCNCC1. The molecule has 0 radical (unpaired) electrons. The molecule has 0 atom stereocenters. The van der Waals surface area contributed by atoms with E-state index in [9.17, 15) is 9.59 Å². The van der Waals surface area contributed by atoms with E-state index in [4.69, 9.17) is 0 Å². The summed E-state index contributed by atoms with van der Waals surface area (Å²) in [6.45, 7) is 1.89. The number of amides is 2. The van der Waals surface area contributed by atoms with Crippen LogP contribution in [0.2, 0.25) is 0 Å². The smallest absolute Gasteiger partial charge is 0.267 e. The monoisotopic (exact) mass is 350 g/mol. The second-order valence-electron chi connectivity index (χ2n) is 5.34. The summed E-state index contributed by atoms with van der Waals surface area (Å²) >= 11 is 2.72. The Morgan fingerprint density at radius 2 is 2.13 bits per heavy atom. The van der Waals surface area contributed by atoms with Gasteiger partial charge in [0.15, 0.2) is 5.13 Å². The molecule has 0 spiro atoms. The number of hydrogen-bond acceptors (Lipinski definition) is 6. The Morgan fingerprint density at radius 1 is 1.30 bits per heavy atom. The lowest BCUT2D eigenvalue weighted by molar-refractivity contribution is -0.121. The number of carbonyl (C=O) groups excluding carboxylic acids is 2. The molecule has 3 N–H and O–H groups in total. The first-order valence-electron chi connectivity index (χ1n) is 7.50. The normalized spacial score (nSPS) is 15.3. The molecule has 0 aromatic carbocycles. The van der Waals surface area contributed by atoms with Gasteiger partial charge in [0, 0.05) is 11.4 Å². The third-order valence-electron chi connectivity index (χ3n) is 3.56. The number of thiophene rings is 1. The van der Waals surface area contributed by atoms with Gasteiger partial charge < -0.3 is 10.6 Å². The van der Waals surface area contributed by atoms with Crippen LogP contribution in [0.15, 0.2) is 22.9 Å². The fourth-order valence-electron chi connectivity index (χ4n) is 2.42. The minimum atomic E-state index is -0.167. The van der Waals surface area contributed by atoms with Gasteiger partial charge >= 0.3 is 0 Å². The fraction of sp³-hybridized carbons (Fsp3) is 0.400. The Hall–Kier alpha value is -1.77. The van der Waals surface area contributed by atoms with E-state index in [1.165, 1.54) is 22.7 Å². The molecule has 1 aliphatic rings. The third kappa shape index (κ3) is 4.60. The first kappa shape index (κ1) is 16.1. The second-order valence-corrected chi connectivity index (χ2v) is 7.15. The van der Waals surface area contributed by atoms with Gasteiger partial charge in [0.1, 0.15) is 0 Å². The van der Waals surface area contributed by atoms with E-state index in [0.717, 1.165) is 25.9 Å². The summed E-state index contributed by atoms with van der Waals surface area (Å²) in [5.41, 5.74) is 0.683. The van der Waals surface area contributed by atoms with E-state index in [1.54, 1.807) is 6.07 Å². The Balaban J connectivity index is 1.50. The number of aromatic nitrogens is 1. The fourth-order valence-corrected chi connectivity index (χ4v) is 3.75. The van der Waals surface area contributed by atoms with Gasteiger partial charge in [-0.15, -0.1) is 22.7 Å². The predicted octanol–water partition coefficient (Wildman–Crippen LogP) is 1.87. The standard InChI is InChI=1S/C15H18N4O2S2/c20-13(17-10-3-5-16-6-4-10)8-11-9-23-15(18-11)19-14(21)12-2-1-7-22-12/h1-2,7,9-10,16H,3-6,8H2,(H,17,20)(H,18,19,21). The van der Waals surface area contributed by atoms with Crippen LogP contribution in [-0.2, 0) is 11.2 Å². The van der Waals surface area contributed by atoms with Crippen LogP contribution in [0, 0.1) is 0 Å². The highest BCUT2D eigenvalue weighted by Gasteiger charge is 2.17. The molecule has 8 heteroatoms. The van der Waals surface area contributed by atoms with Crippen molar-refractivity contribution in [1.82, 2.24) is 15.6 Å². The number of nitrogens with one attached hydrogen (secondary N) is 3. The maximum Gasteiger partial charge on any atom is 0.267 e. The first-order chi connectivity index (χ1) is 11.2. The van der Waals surface area contributed by atoms with Crippen LogP contribution in [-0.4, -0.2) is 35.9 Å². The number of carbonyl (C=O) groups is 2. The maximum atomic E-state index is 12.0. The summed E-state index contributed by atoms with van der Waals surface area (Å²) < 4.78 is 0. The van der Waals surface area contributed by atoms with Crippen LogP contribution in [0.25, 0.3) is 0 Å². The average Bonchev–Trinajstić information content (AvgIpc) is 3.20. The van der Waals surface area contributed by atoms with Crippen molar-refractivity contribution in [1.29, 1.82) is 0 Å².